The molecule has 0 N–H and O–H groups in total. The van der Waals surface area contributed by atoms with E-state index >= 15 is 0 Å². The molecule has 0 spiro atoms. The predicted molar refractivity (Wildman–Crippen MR) is 133 cm³/mol. The number of aromatic nitrogens is 1. The molecule has 0 saturated carbocycles. The molecule has 11 nitrogen and oxygen atoms in total. The molecule has 11 heteroatoms. The van der Waals surface area contributed by atoms with Crippen LogP contribution in [-0.2, 0) is 11.3 Å². The zero-order chi connectivity index (χ0) is 26.5. The smallest absolute Gasteiger partial charge is 0.273 e. The maximum atomic E-state index is 13.5. The number of nitro groups is 1. The van der Waals surface area contributed by atoms with E-state index < -0.39 is 4.92 Å². The summed E-state index contributed by atoms with van der Waals surface area (Å²) in [5.74, 6) is 1.48. The lowest BCUT2D eigenvalue weighted by Crippen LogP contribution is -2.37. The van der Waals surface area contributed by atoms with Crippen molar-refractivity contribution in [2.75, 3.05) is 34.5 Å². The van der Waals surface area contributed by atoms with Gasteiger partial charge in [0.15, 0.2) is 17.3 Å². The molecule has 2 heterocycles. The largest absolute Gasteiger partial charge is 0.493 e. The lowest BCUT2D eigenvalue weighted by atomic mass is 10.1. The Morgan fingerprint density at radius 3 is 2.46 bits per heavy atom. The Labute approximate surface area is 214 Å². The van der Waals surface area contributed by atoms with E-state index in [4.69, 9.17) is 23.5 Å². The van der Waals surface area contributed by atoms with Crippen LogP contribution in [0, 0.1) is 17.0 Å². The van der Waals surface area contributed by atoms with Crippen LogP contribution in [0.1, 0.15) is 34.5 Å². The van der Waals surface area contributed by atoms with Gasteiger partial charge in [0, 0.05) is 42.0 Å². The van der Waals surface area contributed by atoms with Gasteiger partial charge in [0.05, 0.1) is 38.9 Å². The van der Waals surface area contributed by atoms with Gasteiger partial charge in [-0.05, 0) is 38.0 Å². The van der Waals surface area contributed by atoms with Gasteiger partial charge in [-0.15, -0.1) is 0 Å². The van der Waals surface area contributed by atoms with Gasteiger partial charge < -0.3 is 28.4 Å². The van der Waals surface area contributed by atoms with Crippen molar-refractivity contribution in [3.8, 4) is 28.6 Å². The molecule has 3 aromatic rings. The highest BCUT2D eigenvalue weighted by molar-refractivity contribution is 5.95. The Kier molecular flexibility index (Phi) is 7.92. The molecule has 1 aliphatic heterocycles. The third kappa shape index (κ3) is 5.67. The van der Waals surface area contributed by atoms with Gasteiger partial charge in [0.2, 0.25) is 5.75 Å². The molecule has 0 aliphatic carbocycles. The molecule has 0 unspecified atom stereocenters. The molecule has 1 aromatic heterocycles. The zero-order valence-electron chi connectivity index (χ0n) is 21.2. The monoisotopic (exact) mass is 511 g/mol. The summed E-state index contributed by atoms with van der Waals surface area (Å²) in [4.78, 5) is 26.0. The summed E-state index contributed by atoms with van der Waals surface area (Å²) < 4.78 is 27.6. The lowest BCUT2D eigenvalue weighted by molar-refractivity contribution is -0.385. The van der Waals surface area contributed by atoms with Crippen LogP contribution in [0.5, 0.6) is 17.2 Å². The number of rotatable bonds is 10. The van der Waals surface area contributed by atoms with Crippen LogP contribution in [0.15, 0.2) is 40.9 Å². The van der Waals surface area contributed by atoms with Gasteiger partial charge in [0.1, 0.15) is 5.69 Å². The Balaban J connectivity index is 1.62. The minimum atomic E-state index is -0.488. The topological polar surface area (TPSA) is 126 Å². The number of ether oxygens (including phenoxy) is 4. The number of nitro benzene ring substituents is 1. The number of nitrogens with zero attached hydrogens (tertiary/aromatic N) is 3. The standard InChI is InChI=1S/C26H29N3O8/c1-16-7-8-17(10-21(16)29(31)32)26(30)28(15-20-6-5-9-36-20)14-19-13-22(37-27-19)18-11-23(33-2)25(35-4)24(12-18)34-3/h7-8,10-13,20H,5-6,9,14-15H2,1-4H3/t20-/m0/s1. The van der Waals surface area contributed by atoms with E-state index in [0.717, 1.165) is 12.8 Å². The fraction of sp³-hybridized carbons (Fsp3) is 0.385. The molecular formula is C26H29N3O8. The van der Waals surface area contributed by atoms with Crippen molar-refractivity contribution in [3.05, 3.63) is 63.3 Å². The zero-order valence-corrected chi connectivity index (χ0v) is 21.2. The Bertz CT molecular complexity index is 1260. The van der Waals surface area contributed by atoms with E-state index in [2.05, 4.69) is 5.16 Å². The first-order valence-electron chi connectivity index (χ1n) is 11.8. The average molecular weight is 512 g/mol. The van der Waals surface area contributed by atoms with Crippen LogP contribution in [0.4, 0.5) is 5.69 Å². The van der Waals surface area contributed by atoms with Crippen LogP contribution in [0.25, 0.3) is 11.3 Å². The Morgan fingerprint density at radius 1 is 1.14 bits per heavy atom. The van der Waals surface area contributed by atoms with Crippen molar-refractivity contribution in [1.82, 2.24) is 10.1 Å². The maximum absolute atomic E-state index is 13.5. The molecule has 1 fully saturated rings. The summed E-state index contributed by atoms with van der Waals surface area (Å²) in [6.07, 6.45) is 1.62. The summed E-state index contributed by atoms with van der Waals surface area (Å²) in [7, 11) is 4.57. The van der Waals surface area contributed by atoms with Crippen molar-refractivity contribution >= 4 is 11.6 Å². The fourth-order valence-corrected chi connectivity index (χ4v) is 4.32. The van der Waals surface area contributed by atoms with Crippen LogP contribution in [-0.4, -0.2) is 61.5 Å². The molecule has 37 heavy (non-hydrogen) atoms. The molecule has 1 aliphatic rings. The van der Waals surface area contributed by atoms with E-state index in [0.29, 0.717) is 53.0 Å². The molecular weight excluding hydrogens is 482 g/mol. The number of aryl methyl sites for hydroxylation is 1. The van der Waals surface area contributed by atoms with E-state index in [9.17, 15) is 14.9 Å². The summed E-state index contributed by atoms with van der Waals surface area (Å²) >= 11 is 0. The number of hydrogen-bond acceptors (Lipinski definition) is 9. The fourth-order valence-electron chi connectivity index (χ4n) is 4.32. The molecule has 196 valence electrons. The third-order valence-corrected chi connectivity index (χ3v) is 6.25. The van der Waals surface area contributed by atoms with Crippen LogP contribution < -0.4 is 14.2 Å². The lowest BCUT2D eigenvalue weighted by Gasteiger charge is -2.24. The van der Waals surface area contributed by atoms with Gasteiger partial charge in [-0.3, -0.25) is 14.9 Å². The number of carbonyl (C=O) groups is 1. The van der Waals surface area contributed by atoms with E-state index in [1.807, 2.05) is 0 Å². The summed E-state index contributed by atoms with van der Waals surface area (Å²) in [6.45, 7) is 2.73. The molecule has 2 aromatic carbocycles. The minimum absolute atomic E-state index is 0.103. The van der Waals surface area contributed by atoms with E-state index in [1.165, 1.54) is 27.4 Å². The molecule has 4 rings (SSSR count). The maximum Gasteiger partial charge on any atom is 0.273 e. The molecule has 1 atom stereocenters. The first-order chi connectivity index (χ1) is 17.8. The average Bonchev–Trinajstić information content (AvgIpc) is 3.59. The quantitative estimate of drug-likeness (QED) is 0.287. The summed E-state index contributed by atoms with van der Waals surface area (Å²) in [5.41, 5.74) is 1.77. The van der Waals surface area contributed by atoms with Gasteiger partial charge in [-0.25, -0.2) is 0 Å². The predicted octanol–water partition coefficient (Wildman–Crippen LogP) is 4.41. The molecule has 0 radical (unpaired) electrons. The minimum Gasteiger partial charge on any atom is -0.493 e. The first kappa shape index (κ1) is 26.0. The van der Waals surface area contributed by atoms with Crippen molar-refractivity contribution in [2.45, 2.75) is 32.4 Å². The van der Waals surface area contributed by atoms with Gasteiger partial charge in [0.25, 0.3) is 11.6 Å². The molecule has 1 saturated heterocycles. The highest BCUT2D eigenvalue weighted by Crippen LogP contribution is 2.41. The number of hydrogen-bond donors (Lipinski definition) is 0. The van der Waals surface area contributed by atoms with E-state index in [1.54, 1.807) is 42.2 Å². The van der Waals surface area contributed by atoms with Crippen molar-refractivity contribution < 1.29 is 33.2 Å². The SMILES string of the molecule is COc1cc(-c2cc(CN(C[C@@H]3CCCO3)C(=O)c3ccc(C)c([N+](=O)[O-])c3)no2)cc(OC)c1OC. The van der Waals surface area contributed by atoms with Crippen LogP contribution in [0.3, 0.4) is 0 Å². The normalized spacial score (nSPS) is 14.9. The van der Waals surface area contributed by atoms with Crippen molar-refractivity contribution in [1.29, 1.82) is 0 Å². The number of amides is 1. The third-order valence-electron chi connectivity index (χ3n) is 6.25. The van der Waals surface area contributed by atoms with Crippen molar-refractivity contribution in [2.24, 2.45) is 0 Å². The summed E-state index contributed by atoms with van der Waals surface area (Å²) in [6, 6.07) is 9.70. The van der Waals surface area contributed by atoms with Crippen molar-refractivity contribution in [3.63, 3.8) is 0 Å². The first-order valence-corrected chi connectivity index (χ1v) is 11.8. The van der Waals surface area contributed by atoms with Crippen LogP contribution in [0.2, 0.25) is 0 Å². The van der Waals surface area contributed by atoms with Gasteiger partial charge >= 0.3 is 0 Å². The molecule has 1 amide bonds. The van der Waals surface area contributed by atoms with Crippen LogP contribution >= 0.6 is 0 Å². The number of carbonyl (C=O) groups excluding carboxylic acids is 1. The highest BCUT2D eigenvalue weighted by atomic mass is 16.6. The van der Waals surface area contributed by atoms with E-state index in [-0.39, 0.29) is 29.8 Å². The highest BCUT2D eigenvalue weighted by Gasteiger charge is 2.26. The Morgan fingerprint density at radius 2 is 1.86 bits per heavy atom. The summed E-state index contributed by atoms with van der Waals surface area (Å²) in [5, 5.41) is 15.6. The van der Waals surface area contributed by atoms with Gasteiger partial charge in [-0.2, -0.15) is 0 Å². The molecule has 0 bridgehead atoms. The second kappa shape index (κ2) is 11.3. The number of methoxy groups -OCH3 is 3. The van der Waals surface area contributed by atoms with Gasteiger partial charge in [-0.1, -0.05) is 11.2 Å². The Hall–Kier alpha value is -4.12. The number of benzene rings is 2. The second-order valence-electron chi connectivity index (χ2n) is 8.68. The second-order valence-corrected chi connectivity index (χ2v) is 8.68.